The van der Waals surface area contributed by atoms with Gasteiger partial charge >= 0.3 is 0 Å². The molecule has 2 N–H and O–H groups in total. The number of hydrogen-bond donors (Lipinski definition) is 2. The van der Waals surface area contributed by atoms with E-state index in [-0.39, 0.29) is 12.7 Å². The first-order valence-corrected chi connectivity index (χ1v) is 5.31. The van der Waals surface area contributed by atoms with Crippen LogP contribution in [0.3, 0.4) is 0 Å². The Hall–Kier alpha value is -0.160. The lowest BCUT2D eigenvalue weighted by Gasteiger charge is -2.10. The summed E-state index contributed by atoms with van der Waals surface area (Å²) in [4.78, 5) is 0. The Bertz CT molecular complexity index is 136. The molecule has 0 amide bonds. The molecule has 0 spiro atoms. The molecule has 0 saturated carbocycles. The van der Waals surface area contributed by atoms with Crippen LogP contribution < -0.4 is 0 Å². The van der Waals surface area contributed by atoms with Crippen LogP contribution in [0.2, 0.25) is 0 Å². The van der Waals surface area contributed by atoms with E-state index in [1.165, 1.54) is 0 Å². The van der Waals surface area contributed by atoms with Gasteiger partial charge in [0.15, 0.2) is 0 Å². The highest BCUT2D eigenvalue weighted by atomic mass is 16.6. The number of aliphatic hydroxyl groups is 2. The molecule has 0 radical (unpaired) electrons. The lowest BCUT2D eigenvalue weighted by atomic mass is 10.1. The third kappa shape index (κ3) is 6.32. The van der Waals surface area contributed by atoms with Gasteiger partial charge in [0.1, 0.15) is 0 Å². The van der Waals surface area contributed by atoms with Crippen LogP contribution in [0.5, 0.6) is 0 Å². The van der Waals surface area contributed by atoms with Gasteiger partial charge < -0.3 is 19.7 Å². The Morgan fingerprint density at radius 2 is 2.21 bits per heavy atom. The smallest absolute Gasteiger partial charge is 0.0810 e. The first-order chi connectivity index (χ1) is 6.83. The summed E-state index contributed by atoms with van der Waals surface area (Å²) in [7, 11) is 0. The van der Waals surface area contributed by atoms with Crippen LogP contribution in [-0.4, -0.2) is 48.8 Å². The van der Waals surface area contributed by atoms with Gasteiger partial charge in [0.2, 0.25) is 0 Å². The molecule has 1 rings (SSSR count). The second-order valence-electron chi connectivity index (χ2n) is 3.69. The van der Waals surface area contributed by atoms with E-state index in [2.05, 4.69) is 0 Å². The van der Waals surface area contributed by atoms with Crippen molar-refractivity contribution in [2.75, 3.05) is 26.4 Å². The van der Waals surface area contributed by atoms with Crippen molar-refractivity contribution in [1.29, 1.82) is 0 Å². The lowest BCUT2D eigenvalue weighted by Crippen LogP contribution is -2.16. The van der Waals surface area contributed by atoms with Gasteiger partial charge in [-0.25, -0.2) is 0 Å². The highest BCUT2D eigenvalue weighted by Gasteiger charge is 2.21. The van der Waals surface area contributed by atoms with Crippen molar-refractivity contribution < 1.29 is 19.7 Å². The fraction of sp³-hybridized carbons (Fsp3) is 1.00. The molecule has 4 heteroatoms. The molecule has 0 aromatic rings. The highest BCUT2D eigenvalue weighted by molar-refractivity contribution is 4.69. The molecule has 84 valence electrons. The first-order valence-electron chi connectivity index (χ1n) is 5.31. The zero-order valence-electron chi connectivity index (χ0n) is 8.52. The minimum atomic E-state index is -0.368. The van der Waals surface area contributed by atoms with Crippen LogP contribution in [0.4, 0.5) is 0 Å². The third-order valence-electron chi connectivity index (χ3n) is 2.22. The summed E-state index contributed by atoms with van der Waals surface area (Å²) in [6, 6.07) is 0. The fourth-order valence-electron chi connectivity index (χ4n) is 1.29. The molecule has 4 nitrogen and oxygen atoms in total. The number of ether oxygens (including phenoxy) is 2. The molecular formula is C10H20O4. The largest absolute Gasteiger partial charge is 0.396 e. The second kappa shape index (κ2) is 7.17. The van der Waals surface area contributed by atoms with Gasteiger partial charge in [-0.2, -0.15) is 0 Å². The van der Waals surface area contributed by atoms with Crippen molar-refractivity contribution in [2.24, 2.45) is 0 Å². The summed E-state index contributed by atoms with van der Waals surface area (Å²) in [5, 5.41) is 17.9. The number of rotatable bonds is 9. The van der Waals surface area contributed by atoms with E-state index < -0.39 is 0 Å². The minimum Gasteiger partial charge on any atom is -0.396 e. The molecule has 1 fully saturated rings. The maximum absolute atomic E-state index is 9.45. The molecule has 0 aromatic heterocycles. The van der Waals surface area contributed by atoms with Gasteiger partial charge in [0.05, 0.1) is 25.4 Å². The lowest BCUT2D eigenvalue weighted by molar-refractivity contribution is 0.0261. The molecule has 1 aliphatic rings. The monoisotopic (exact) mass is 204 g/mol. The van der Waals surface area contributed by atoms with Crippen molar-refractivity contribution in [2.45, 2.75) is 37.9 Å². The molecule has 2 unspecified atom stereocenters. The maximum Gasteiger partial charge on any atom is 0.0810 e. The van der Waals surface area contributed by atoms with E-state index in [0.29, 0.717) is 25.7 Å². The summed E-state index contributed by atoms with van der Waals surface area (Å²) < 4.78 is 10.2. The molecule has 0 aromatic carbocycles. The number of hydrogen-bond acceptors (Lipinski definition) is 4. The summed E-state index contributed by atoms with van der Waals surface area (Å²) in [5.41, 5.74) is 0. The molecule has 0 bridgehead atoms. The molecule has 1 heterocycles. The van der Waals surface area contributed by atoms with Crippen LogP contribution in [0, 0.1) is 0 Å². The van der Waals surface area contributed by atoms with Gasteiger partial charge in [0, 0.05) is 13.2 Å². The van der Waals surface area contributed by atoms with Crippen molar-refractivity contribution in [3.05, 3.63) is 0 Å². The topological polar surface area (TPSA) is 62.2 Å². The zero-order chi connectivity index (χ0) is 10.2. The Morgan fingerprint density at radius 3 is 2.86 bits per heavy atom. The molecule has 14 heavy (non-hydrogen) atoms. The van der Waals surface area contributed by atoms with Crippen molar-refractivity contribution in [3.8, 4) is 0 Å². The Labute approximate surface area is 84.8 Å². The first kappa shape index (κ1) is 11.9. The molecule has 0 aliphatic carbocycles. The van der Waals surface area contributed by atoms with Gasteiger partial charge in [-0.15, -0.1) is 0 Å². The fourth-order valence-corrected chi connectivity index (χ4v) is 1.29. The maximum atomic E-state index is 9.45. The van der Waals surface area contributed by atoms with Crippen LogP contribution in [0.25, 0.3) is 0 Å². The van der Waals surface area contributed by atoms with E-state index in [1.54, 1.807) is 0 Å². The van der Waals surface area contributed by atoms with Gasteiger partial charge in [0.25, 0.3) is 0 Å². The second-order valence-corrected chi connectivity index (χ2v) is 3.69. The highest BCUT2D eigenvalue weighted by Crippen LogP contribution is 2.17. The summed E-state index contributed by atoms with van der Waals surface area (Å²) in [6.45, 7) is 1.95. The van der Waals surface area contributed by atoms with E-state index in [0.717, 1.165) is 25.9 Å². The quantitative estimate of drug-likeness (QED) is 0.419. The van der Waals surface area contributed by atoms with Crippen LogP contribution in [0.1, 0.15) is 25.7 Å². The average molecular weight is 204 g/mol. The Morgan fingerprint density at radius 1 is 1.43 bits per heavy atom. The van der Waals surface area contributed by atoms with E-state index in [9.17, 15) is 5.11 Å². The van der Waals surface area contributed by atoms with Crippen molar-refractivity contribution >= 4 is 0 Å². The minimum absolute atomic E-state index is 0.148. The van der Waals surface area contributed by atoms with Gasteiger partial charge in [-0.1, -0.05) is 0 Å². The van der Waals surface area contributed by atoms with Crippen molar-refractivity contribution in [1.82, 2.24) is 0 Å². The zero-order valence-corrected chi connectivity index (χ0v) is 8.52. The normalized spacial score (nSPS) is 22.3. The summed E-state index contributed by atoms with van der Waals surface area (Å²) in [5.74, 6) is 0. The predicted octanol–water partition coefficient (Wildman–Crippen LogP) is 0.315. The Balaban J connectivity index is 1.79. The molecule has 2 atom stereocenters. The Kier molecular flexibility index (Phi) is 6.10. The van der Waals surface area contributed by atoms with Crippen LogP contribution >= 0.6 is 0 Å². The third-order valence-corrected chi connectivity index (χ3v) is 2.22. The molecule has 1 aliphatic heterocycles. The predicted molar refractivity (Wildman–Crippen MR) is 52.1 cm³/mol. The standard InChI is InChI=1S/C10H20O4/c11-5-2-6-13-7-9(12)3-1-4-10-8-14-10/h9-12H,1-8H2. The van der Waals surface area contributed by atoms with Gasteiger partial charge in [-0.05, 0) is 25.7 Å². The summed E-state index contributed by atoms with van der Waals surface area (Å²) >= 11 is 0. The van der Waals surface area contributed by atoms with Crippen LogP contribution in [0.15, 0.2) is 0 Å². The number of aliphatic hydroxyl groups excluding tert-OH is 2. The summed E-state index contributed by atoms with van der Waals surface area (Å²) in [6.07, 6.45) is 3.55. The van der Waals surface area contributed by atoms with E-state index in [1.807, 2.05) is 0 Å². The van der Waals surface area contributed by atoms with Gasteiger partial charge in [-0.3, -0.25) is 0 Å². The van der Waals surface area contributed by atoms with Crippen molar-refractivity contribution in [3.63, 3.8) is 0 Å². The van der Waals surface area contributed by atoms with E-state index >= 15 is 0 Å². The molecular weight excluding hydrogens is 184 g/mol. The van der Waals surface area contributed by atoms with Crippen LogP contribution in [-0.2, 0) is 9.47 Å². The average Bonchev–Trinajstić information content (AvgIpc) is 2.96. The van der Waals surface area contributed by atoms with E-state index in [4.69, 9.17) is 14.6 Å². The SMILES string of the molecule is OCCCOCC(O)CCCC1CO1. The number of epoxide rings is 1. The molecule has 1 saturated heterocycles.